The predicted molar refractivity (Wildman–Crippen MR) is 70.9 cm³/mol. The van der Waals surface area contributed by atoms with E-state index in [1.165, 1.54) is 0 Å². The van der Waals surface area contributed by atoms with Crippen molar-refractivity contribution in [3.05, 3.63) is 30.1 Å². The van der Waals surface area contributed by atoms with Gasteiger partial charge in [0, 0.05) is 31.9 Å². The van der Waals surface area contributed by atoms with E-state index in [4.69, 9.17) is 0 Å². The highest BCUT2D eigenvalue weighted by Crippen LogP contribution is 2.21. The highest BCUT2D eigenvalue weighted by Gasteiger charge is 2.28. The third-order valence-electron chi connectivity index (χ3n) is 3.66. The van der Waals surface area contributed by atoms with Gasteiger partial charge in [-0.15, -0.1) is 0 Å². The molecular weight excluding hydrogens is 224 g/mol. The normalized spacial score (nSPS) is 23.5. The molecule has 4 nitrogen and oxygen atoms in total. The van der Waals surface area contributed by atoms with E-state index in [0.29, 0.717) is 6.04 Å². The second kappa shape index (κ2) is 5.94. The minimum Gasteiger partial charge on any atom is -0.298 e. The third kappa shape index (κ3) is 2.69. The first kappa shape index (κ1) is 13.0. The van der Waals surface area contributed by atoms with Crippen LogP contribution in [-0.4, -0.2) is 47.0 Å². The Morgan fingerprint density at radius 1 is 1.50 bits per heavy atom. The molecule has 0 aliphatic carbocycles. The Kier molecular flexibility index (Phi) is 4.29. The van der Waals surface area contributed by atoms with Gasteiger partial charge in [0.05, 0.1) is 11.8 Å². The van der Waals surface area contributed by atoms with Crippen LogP contribution in [0.4, 0.5) is 0 Å². The number of likely N-dealkylation sites (N-methyl/N-ethyl adjacent to an activating group) is 1. The van der Waals surface area contributed by atoms with Crippen LogP contribution in [0.3, 0.4) is 0 Å². The molecule has 18 heavy (non-hydrogen) atoms. The summed E-state index contributed by atoms with van der Waals surface area (Å²) < 4.78 is 0. The molecule has 1 aromatic rings. The maximum Gasteiger partial charge on any atom is 0.141 e. The van der Waals surface area contributed by atoms with Gasteiger partial charge in [-0.05, 0) is 25.6 Å². The lowest BCUT2D eigenvalue weighted by atomic mass is 10.1. The number of rotatable bonds is 3. The number of hydrogen-bond donors (Lipinski definition) is 0. The summed E-state index contributed by atoms with van der Waals surface area (Å²) in [6.45, 7) is 8.39. The summed E-state index contributed by atoms with van der Waals surface area (Å²) in [5, 5.41) is 9.40. The van der Waals surface area contributed by atoms with Gasteiger partial charge in [-0.25, -0.2) is 0 Å². The van der Waals surface area contributed by atoms with E-state index in [1.807, 2.05) is 18.2 Å². The standard InChI is InChI=1S/C14H20N4/c1-3-17-8-9-18(11-12(17)2)14(10-15)13-6-4-5-7-16-13/h4-7,12,14H,3,8-9,11H2,1-2H3. The summed E-state index contributed by atoms with van der Waals surface area (Å²) in [5.41, 5.74) is 0.858. The van der Waals surface area contributed by atoms with Gasteiger partial charge in [-0.3, -0.25) is 14.8 Å². The molecule has 2 heterocycles. The summed E-state index contributed by atoms with van der Waals surface area (Å²) in [5.74, 6) is 0. The van der Waals surface area contributed by atoms with Crippen LogP contribution in [0.1, 0.15) is 25.6 Å². The molecule has 0 spiro atoms. The van der Waals surface area contributed by atoms with Gasteiger partial charge in [-0.2, -0.15) is 5.26 Å². The molecule has 96 valence electrons. The second-order valence-corrected chi connectivity index (χ2v) is 4.76. The maximum absolute atomic E-state index is 9.40. The van der Waals surface area contributed by atoms with Crippen molar-refractivity contribution in [2.24, 2.45) is 0 Å². The van der Waals surface area contributed by atoms with E-state index in [1.54, 1.807) is 6.20 Å². The van der Waals surface area contributed by atoms with Crippen LogP contribution in [0.2, 0.25) is 0 Å². The Bertz CT molecular complexity index is 412. The van der Waals surface area contributed by atoms with E-state index in [0.717, 1.165) is 31.9 Å². The van der Waals surface area contributed by atoms with E-state index in [2.05, 4.69) is 34.7 Å². The van der Waals surface area contributed by atoms with Crippen molar-refractivity contribution in [3.63, 3.8) is 0 Å². The summed E-state index contributed by atoms with van der Waals surface area (Å²) in [7, 11) is 0. The average molecular weight is 244 g/mol. The van der Waals surface area contributed by atoms with Crippen LogP contribution in [0.5, 0.6) is 0 Å². The largest absolute Gasteiger partial charge is 0.298 e. The van der Waals surface area contributed by atoms with E-state index in [9.17, 15) is 5.26 Å². The van der Waals surface area contributed by atoms with Crippen molar-refractivity contribution in [2.45, 2.75) is 25.9 Å². The SMILES string of the molecule is CCN1CCN(C(C#N)c2ccccn2)CC1C. The number of hydrogen-bond acceptors (Lipinski definition) is 4. The van der Waals surface area contributed by atoms with Crippen LogP contribution in [0, 0.1) is 11.3 Å². The Labute approximate surface area is 109 Å². The molecule has 2 rings (SSSR count). The zero-order valence-corrected chi connectivity index (χ0v) is 11.1. The Morgan fingerprint density at radius 2 is 2.33 bits per heavy atom. The van der Waals surface area contributed by atoms with Gasteiger partial charge >= 0.3 is 0 Å². The van der Waals surface area contributed by atoms with Crippen molar-refractivity contribution >= 4 is 0 Å². The highest BCUT2D eigenvalue weighted by molar-refractivity contribution is 5.16. The molecule has 0 radical (unpaired) electrons. The molecule has 1 fully saturated rings. The lowest BCUT2D eigenvalue weighted by Gasteiger charge is -2.40. The quantitative estimate of drug-likeness (QED) is 0.811. The minimum atomic E-state index is -0.215. The molecule has 2 atom stereocenters. The smallest absolute Gasteiger partial charge is 0.141 e. The van der Waals surface area contributed by atoms with Gasteiger partial charge in [0.1, 0.15) is 6.04 Å². The van der Waals surface area contributed by atoms with Gasteiger partial charge in [-0.1, -0.05) is 13.0 Å². The Balaban J connectivity index is 2.09. The molecule has 0 saturated carbocycles. The summed E-state index contributed by atoms with van der Waals surface area (Å²) >= 11 is 0. The highest BCUT2D eigenvalue weighted by atomic mass is 15.3. The molecule has 4 heteroatoms. The van der Waals surface area contributed by atoms with Crippen molar-refractivity contribution in [1.82, 2.24) is 14.8 Å². The Hall–Kier alpha value is -1.44. The van der Waals surface area contributed by atoms with Crippen LogP contribution in [0.15, 0.2) is 24.4 Å². The zero-order chi connectivity index (χ0) is 13.0. The maximum atomic E-state index is 9.40. The number of nitriles is 1. The Morgan fingerprint density at radius 3 is 2.89 bits per heavy atom. The average Bonchev–Trinajstić information content (AvgIpc) is 2.41. The molecule has 0 N–H and O–H groups in total. The lowest BCUT2D eigenvalue weighted by molar-refractivity contribution is 0.0720. The van der Waals surface area contributed by atoms with Gasteiger partial charge in [0.25, 0.3) is 0 Å². The first-order valence-electron chi connectivity index (χ1n) is 6.55. The lowest BCUT2D eigenvalue weighted by Crippen LogP contribution is -2.52. The topological polar surface area (TPSA) is 43.2 Å². The summed E-state index contributed by atoms with van der Waals surface area (Å²) in [6.07, 6.45) is 1.76. The number of nitrogens with zero attached hydrogens (tertiary/aromatic N) is 4. The molecule has 1 aliphatic rings. The van der Waals surface area contributed by atoms with E-state index in [-0.39, 0.29) is 6.04 Å². The zero-order valence-electron chi connectivity index (χ0n) is 11.1. The van der Waals surface area contributed by atoms with E-state index < -0.39 is 0 Å². The number of piperazine rings is 1. The van der Waals surface area contributed by atoms with Crippen molar-refractivity contribution in [3.8, 4) is 6.07 Å². The first-order chi connectivity index (χ1) is 8.76. The van der Waals surface area contributed by atoms with E-state index >= 15 is 0 Å². The fraction of sp³-hybridized carbons (Fsp3) is 0.571. The molecule has 0 bridgehead atoms. The first-order valence-corrected chi connectivity index (χ1v) is 6.55. The third-order valence-corrected chi connectivity index (χ3v) is 3.66. The fourth-order valence-corrected chi connectivity index (χ4v) is 2.60. The van der Waals surface area contributed by atoms with Crippen molar-refractivity contribution in [2.75, 3.05) is 26.2 Å². The second-order valence-electron chi connectivity index (χ2n) is 4.76. The van der Waals surface area contributed by atoms with Gasteiger partial charge in [0.2, 0.25) is 0 Å². The summed E-state index contributed by atoms with van der Waals surface area (Å²) in [6, 6.07) is 8.44. The molecular formula is C14H20N4. The monoisotopic (exact) mass is 244 g/mol. The summed E-state index contributed by atoms with van der Waals surface area (Å²) in [4.78, 5) is 8.99. The van der Waals surface area contributed by atoms with Crippen LogP contribution < -0.4 is 0 Å². The molecule has 1 saturated heterocycles. The van der Waals surface area contributed by atoms with Crippen molar-refractivity contribution < 1.29 is 0 Å². The van der Waals surface area contributed by atoms with Gasteiger partial charge in [0.15, 0.2) is 0 Å². The van der Waals surface area contributed by atoms with Crippen molar-refractivity contribution in [1.29, 1.82) is 5.26 Å². The van der Waals surface area contributed by atoms with Crippen LogP contribution >= 0.6 is 0 Å². The molecule has 0 aromatic carbocycles. The fourth-order valence-electron chi connectivity index (χ4n) is 2.60. The number of pyridine rings is 1. The predicted octanol–water partition coefficient (Wildman–Crippen LogP) is 1.67. The minimum absolute atomic E-state index is 0.215. The van der Waals surface area contributed by atoms with Gasteiger partial charge < -0.3 is 0 Å². The molecule has 1 aromatic heterocycles. The van der Waals surface area contributed by atoms with Crippen LogP contribution in [-0.2, 0) is 0 Å². The number of aromatic nitrogens is 1. The molecule has 0 amide bonds. The van der Waals surface area contributed by atoms with Crippen LogP contribution in [0.25, 0.3) is 0 Å². The molecule has 2 unspecified atom stereocenters. The molecule has 1 aliphatic heterocycles.